The summed E-state index contributed by atoms with van der Waals surface area (Å²) >= 11 is 10.6. The van der Waals surface area contributed by atoms with Crippen LogP contribution in [0.25, 0.3) is 6.08 Å². The van der Waals surface area contributed by atoms with Gasteiger partial charge in [-0.3, -0.25) is 4.90 Å². The van der Waals surface area contributed by atoms with Gasteiger partial charge < -0.3 is 9.80 Å². The fourth-order valence-corrected chi connectivity index (χ4v) is 8.68. The number of hydrogen-bond acceptors (Lipinski definition) is 4. The summed E-state index contributed by atoms with van der Waals surface area (Å²) in [6.45, 7) is 7.51. The van der Waals surface area contributed by atoms with Crippen molar-refractivity contribution in [2.75, 3.05) is 36.1 Å². The van der Waals surface area contributed by atoms with Gasteiger partial charge in [0.05, 0.1) is 38.3 Å². The molecule has 2 amide bonds. The molecular formula is C22H26BrClN5OS+. The second-order valence-electron chi connectivity index (χ2n) is 7.96. The molecule has 2 aliphatic heterocycles. The van der Waals surface area contributed by atoms with E-state index in [1.165, 1.54) is 21.0 Å². The van der Waals surface area contributed by atoms with Crippen molar-refractivity contribution in [3.05, 3.63) is 51.4 Å². The highest BCUT2D eigenvalue weighted by Gasteiger charge is 2.46. The van der Waals surface area contributed by atoms with E-state index in [4.69, 9.17) is 11.6 Å². The fraction of sp³-hybridized carbons (Fsp3) is 0.409. The number of fused-ring (bicyclic) bond motifs is 5. The number of carbonyl (C=O) groups is 1. The molecule has 0 spiro atoms. The molecule has 164 valence electrons. The molecule has 1 saturated heterocycles. The lowest BCUT2D eigenvalue weighted by Crippen LogP contribution is -2.50. The standard InChI is InChI=1S/C22H26BrClN5OS/c1-3-26(4-2)22(30)29-14-28-20(25-29)13-27(18-10-6-5-9-17(18)24)12-16-15-8-7-11-19(15)31(23)21(16)28/h5-7,9-11,20,25H,3-4,8,12-14H2,1-2H3/q+1. The van der Waals surface area contributed by atoms with Gasteiger partial charge in [-0.2, -0.15) is 0 Å². The lowest BCUT2D eigenvalue weighted by atomic mass is 10.1. The topological polar surface area (TPSA) is 42.1 Å². The van der Waals surface area contributed by atoms with E-state index in [1.54, 1.807) is 5.01 Å². The molecule has 3 aliphatic rings. The van der Waals surface area contributed by atoms with Crippen molar-refractivity contribution < 1.29 is 4.79 Å². The molecular weight excluding hydrogens is 498 g/mol. The minimum absolute atomic E-state index is 0.0140. The van der Waals surface area contributed by atoms with Gasteiger partial charge in [-0.15, -0.1) is 0 Å². The number of hydrazine groups is 1. The monoisotopic (exact) mass is 522 g/mol. The van der Waals surface area contributed by atoms with Crippen LogP contribution < -0.4 is 15.2 Å². The van der Waals surface area contributed by atoms with Crippen LogP contribution in [0.5, 0.6) is 0 Å². The van der Waals surface area contributed by atoms with Crippen LogP contribution in [0.2, 0.25) is 5.02 Å². The van der Waals surface area contributed by atoms with Gasteiger partial charge in [0, 0.05) is 18.7 Å². The Balaban J connectivity index is 1.57. The van der Waals surface area contributed by atoms with Crippen molar-refractivity contribution in [1.29, 1.82) is 0 Å². The van der Waals surface area contributed by atoms with Crippen LogP contribution in [0.1, 0.15) is 29.9 Å². The Kier molecular flexibility index (Phi) is 5.66. The number of thiophene rings is 1. The van der Waals surface area contributed by atoms with Gasteiger partial charge in [0.1, 0.15) is 12.8 Å². The SMILES string of the molecule is CCN(CC)C(=O)N1CN2c3c(c4c([s+]3Br)C=CC4)CN(c3ccccc3Cl)CC2N1. The molecule has 6 nitrogen and oxygen atoms in total. The fourth-order valence-electron chi connectivity index (χ4n) is 4.73. The van der Waals surface area contributed by atoms with Crippen molar-refractivity contribution in [1.82, 2.24) is 15.3 Å². The van der Waals surface area contributed by atoms with Crippen molar-refractivity contribution in [3.8, 4) is 0 Å². The maximum absolute atomic E-state index is 13.1. The Morgan fingerprint density at radius 3 is 2.81 bits per heavy atom. The number of para-hydroxylation sites is 1. The van der Waals surface area contributed by atoms with Gasteiger partial charge in [0.25, 0.3) is 19.8 Å². The summed E-state index contributed by atoms with van der Waals surface area (Å²) in [5.41, 5.74) is 7.31. The first-order chi connectivity index (χ1) is 15.0. The van der Waals surface area contributed by atoms with Crippen LogP contribution in [0, 0.1) is 0 Å². The number of nitrogens with one attached hydrogen (secondary N) is 1. The van der Waals surface area contributed by atoms with E-state index in [1.807, 2.05) is 36.9 Å². The zero-order chi connectivity index (χ0) is 21.7. The first-order valence-electron chi connectivity index (χ1n) is 10.7. The van der Waals surface area contributed by atoms with Gasteiger partial charge in [-0.05, 0) is 38.5 Å². The molecule has 9 heteroatoms. The van der Waals surface area contributed by atoms with Crippen LogP contribution in [0.15, 0.2) is 30.3 Å². The summed E-state index contributed by atoms with van der Waals surface area (Å²) in [7, 11) is -0.176. The van der Waals surface area contributed by atoms with Gasteiger partial charge in [0.15, 0.2) is 4.88 Å². The molecule has 2 unspecified atom stereocenters. The zero-order valence-corrected chi connectivity index (χ0v) is 20.8. The summed E-state index contributed by atoms with van der Waals surface area (Å²) in [6.07, 6.45) is 5.45. The predicted molar refractivity (Wildman–Crippen MR) is 133 cm³/mol. The molecule has 31 heavy (non-hydrogen) atoms. The van der Waals surface area contributed by atoms with Gasteiger partial charge >= 0.3 is 6.03 Å². The number of nitrogens with zero attached hydrogens (tertiary/aromatic N) is 4. The smallest absolute Gasteiger partial charge is 0.336 e. The van der Waals surface area contributed by atoms with Crippen LogP contribution in [-0.2, 0) is 13.0 Å². The van der Waals surface area contributed by atoms with E-state index in [-0.39, 0.29) is 21.1 Å². The molecule has 1 fully saturated rings. The molecule has 2 aromatic rings. The largest absolute Gasteiger partial charge is 0.362 e. The third-order valence-electron chi connectivity index (χ3n) is 6.31. The first-order valence-corrected chi connectivity index (χ1v) is 14.1. The van der Waals surface area contributed by atoms with Crippen molar-refractivity contribution >= 4 is 58.1 Å². The Hall–Kier alpha value is -1.74. The van der Waals surface area contributed by atoms with Crippen LogP contribution in [0.4, 0.5) is 15.5 Å². The van der Waals surface area contributed by atoms with Gasteiger partial charge in [-0.25, -0.2) is 15.2 Å². The second-order valence-corrected chi connectivity index (χ2v) is 11.6. The lowest BCUT2D eigenvalue weighted by molar-refractivity contribution is 0.147. The molecule has 5 rings (SSSR count). The van der Waals surface area contributed by atoms with E-state index >= 15 is 0 Å². The predicted octanol–water partition coefficient (Wildman–Crippen LogP) is 5.21. The summed E-state index contributed by atoms with van der Waals surface area (Å²) in [4.78, 5) is 21.0. The van der Waals surface area contributed by atoms with E-state index in [2.05, 4.69) is 48.3 Å². The highest BCUT2D eigenvalue weighted by molar-refractivity contribution is 9.34. The number of halogens is 2. The average Bonchev–Trinajstić information content (AvgIpc) is 3.44. The van der Waals surface area contributed by atoms with E-state index in [0.717, 1.165) is 30.2 Å². The van der Waals surface area contributed by atoms with Gasteiger partial charge in [-0.1, -0.05) is 29.8 Å². The molecule has 1 N–H and O–H groups in total. The van der Waals surface area contributed by atoms with E-state index < -0.39 is 0 Å². The Morgan fingerprint density at radius 1 is 1.29 bits per heavy atom. The van der Waals surface area contributed by atoms with Gasteiger partial charge in [0.2, 0.25) is 0 Å². The highest BCUT2D eigenvalue weighted by Crippen LogP contribution is 2.54. The average molecular weight is 524 g/mol. The lowest BCUT2D eigenvalue weighted by Gasteiger charge is -2.28. The van der Waals surface area contributed by atoms with Crippen molar-refractivity contribution in [3.63, 3.8) is 0 Å². The minimum atomic E-state index is -0.176. The minimum Gasteiger partial charge on any atom is -0.362 e. The number of allylic oxidation sites excluding steroid dienone is 1. The summed E-state index contributed by atoms with van der Waals surface area (Å²) < 4.78 is 0. The summed E-state index contributed by atoms with van der Waals surface area (Å²) in [6, 6.07) is 8.04. The summed E-state index contributed by atoms with van der Waals surface area (Å²) in [5, 5.41) is 3.82. The normalized spacial score (nSPS) is 19.9. The Labute approximate surface area is 198 Å². The number of rotatable bonds is 3. The van der Waals surface area contributed by atoms with E-state index in [0.29, 0.717) is 19.8 Å². The molecule has 0 radical (unpaired) electrons. The maximum atomic E-state index is 13.1. The second kappa shape index (κ2) is 8.31. The van der Waals surface area contributed by atoms with Crippen LogP contribution in [-0.4, -0.2) is 48.4 Å². The number of carbonyl (C=O) groups excluding carboxylic acids is 1. The maximum Gasteiger partial charge on any atom is 0.336 e. The third kappa shape index (κ3) is 3.44. The Morgan fingerprint density at radius 2 is 2.06 bits per heavy atom. The number of urea groups is 1. The highest BCUT2D eigenvalue weighted by atomic mass is 79.9. The van der Waals surface area contributed by atoms with Crippen LogP contribution >= 0.6 is 35.3 Å². The van der Waals surface area contributed by atoms with E-state index in [9.17, 15) is 4.79 Å². The van der Waals surface area contributed by atoms with Crippen molar-refractivity contribution in [2.24, 2.45) is 0 Å². The number of amides is 2. The number of benzene rings is 1. The first kappa shape index (κ1) is 21.1. The molecule has 1 aromatic carbocycles. The third-order valence-corrected chi connectivity index (χ3v) is 10.2. The number of hydrogen-bond donors (Lipinski definition) is 1. The molecule has 0 saturated carbocycles. The van der Waals surface area contributed by atoms with Crippen LogP contribution in [0.3, 0.4) is 0 Å². The molecule has 3 heterocycles. The Bertz CT molecular complexity index is 1050. The molecule has 0 bridgehead atoms. The molecule has 1 aliphatic carbocycles. The number of anilines is 2. The zero-order valence-electron chi connectivity index (χ0n) is 17.6. The van der Waals surface area contributed by atoms with Crippen molar-refractivity contribution in [2.45, 2.75) is 33.0 Å². The summed E-state index contributed by atoms with van der Waals surface area (Å²) in [5.74, 6) is 0. The molecule has 1 aromatic heterocycles. The quantitative estimate of drug-likeness (QED) is 0.561. The molecule has 2 atom stereocenters.